The molecule has 2 fully saturated rings. The molecule has 1 aliphatic carbocycles. The number of carbonyl (C=O) groups excluding carboxylic acids is 1. The molecule has 0 radical (unpaired) electrons. The summed E-state index contributed by atoms with van der Waals surface area (Å²) in [5, 5.41) is 3.42. The number of nitrogens with one attached hydrogen (secondary N) is 1. The topological polar surface area (TPSA) is 32.3 Å². The zero-order valence-corrected chi connectivity index (χ0v) is 9.01. The molecule has 0 aromatic rings. The van der Waals surface area contributed by atoms with Crippen LogP contribution in [-0.4, -0.2) is 29.6 Å². The Hall–Kier alpha value is -0.570. The number of carbonyl (C=O) groups is 1. The maximum atomic E-state index is 12.1. The van der Waals surface area contributed by atoms with Crippen LogP contribution >= 0.6 is 0 Å². The lowest BCUT2D eigenvalue weighted by atomic mass is 9.98. The van der Waals surface area contributed by atoms with Gasteiger partial charge in [-0.1, -0.05) is 26.2 Å². The molecular weight excluding hydrogens is 176 g/mol. The van der Waals surface area contributed by atoms with Gasteiger partial charge in [-0.15, -0.1) is 0 Å². The van der Waals surface area contributed by atoms with Crippen molar-refractivity contribution in [1.29, 1.82) is 0 Å². The van der Waals surface area contributed by atoms with E-state index in [-0.39, 0.29) is 5.54 Å². The average molecular weight is 196 g/mol. The largest absolute Gasteiger partial charge is 0.328 e. The van der Waals surface area contributed by atoms with Crippen LogP contribution in [0.3, 0.4) is 0 Å². The summed E-state index contributed by atoms with van der Waals surface area (Å²) in [4.78, 5) is 14.1. The lowest BCUT2D eigenvalue weighted by Gasteiger charge is -2.21. The molecule has 3 nitrogen and oxygen atoms in total. The van der Waals surface area contributed by atoms with Crippen molar-refractivity contribution in [1.82, 2.24) is 10.2 Å². The maximum Gasteiger partial charge on any atom is 0.243 e. The summed E-state index contributed by atoms with van der Waals surface area (Å²) in [6, 6.07) is 0. The minimum atomic E-state index is -0.145. The van der Waals surface area contributed by atoms with Crippen molar-refractivity contribution in [2.24, 2.45) is 0 Å². The molecule has 0 unspecified atom stereocenters. The molecular formula is C11H20N2O. The number of rotatable bonds is 3. The third-order valence-corrected chi connectivity index (χ3v) is 3.54. The van der Waals surface area contributed by atoms with Gasteiger partial charge in [-0.2, -0.15) is 0 Å². The van der Waals surface area contributed by atoms with E-state index in [1.54, 1.807) is 0 Å². The third kappa shape index (κ3) is 1.54. The fourth-order valence-electron chi connectivity index (χ4n) is 2.60. The van der Waals surface area contributed by atoms with E-state index in [2.05, 4.69) is 12.2 Å². The van der Waals surface area contributed by atoms with Gasteiger partial charge in [0.2, 0.25) is 5.91 Å². The zero-order valence-electron chi connectivity index (χ0n) is 9.01. The van der Waals surface area contributed by atoms with Crippen molar-refractivity contribution in [3.05, 3.63) is 0 Å². The fraction of sp³-hybridized carbons (Fsp3) is 0.909. The lowest BCUT2D eigenvalue weighted by molar-refractivity contribution is -0.132. The molecule has 14 heavy (non-hydrogen) atoms. The first-order valence-electron chi connectivity index (χ1n) is 5.83. The number of hydrogen-bond acceptors (Lipinski definition) is 2. The van der Waals surface area contributed by atoms with Gasteiger partial charge in [-0.25, -0.2) is 0 Å². The van der Waals surface area contributed by atoms with E-state index < -0.39 is 0 Å². The SMILES string of the molecule is CCCCN1CNC2(CCCC2)C1=O. The van der Waals surface area contributed by atoms with Gasteiger partial charge in [0, 0.05) is 6.54 Å². The van der Waals surface area contributed by atoms with Gasteiger partial charge in [-0.05, 0) is 19.3 Å². The molecule has 0 aromatic heterocycles. The van der Waals surface area contributed by atoms with Crippen LogP contribution < -0.4 is 5.32 Å². The van der Waals surface area contributed by atoms with E-state index in [4.69, 9.17) is 0 Å². The number of amides is 1. The van der Waals surface area contributed by atoms with Gasteiger partial charge in [-0.3, -0.25) is 10.1 Å². The standard InChI is InChI=1S/C11H20N2O/c1-2-3-8-13-9-12-11(10(13)14)6-4-5-7-11/h12H,2-9H2,1H3. The number of nitrogens with zero attached hydrogens (tertiary/aromatic N) is 1. The molecule has 1 saturated heterocycles. The Kier molecular flexibility index (Phi) is 2.77. The maximum absolute atomic E-state index is 12.1. The third-order valence-electron chi connectivity index (χ3n) is 3.54. The van der Waals surface area contributed by atoms with Crippen LogP contribution in [0.2, 0.25) is 0 Å². The summed E-state index contributed by atoms with van der Waals surface area (Å²) in [5.74, 6) is 0.364. The van der Waals surface area contributed by atoms with Crippen molar-refractivity contribution in [3.63, 3.8) is 0 Å². The van der Waals surface area contributed by atoms with Gasteiger partial charge in [0.1, 0.15) is 0 Å². The summed E-state index contributed by atoms with van der Waals surface area (Å²) in [6.07, 6.45) is 6.81. The highest BCUT2D eigenvalue weighted by Crippen LogP contribution is 2.34. The second-order valence-electron chi connectivity index (χ2n) is 4.55. The van der Waals surface area contributed by atoms with Crippen molar-refractivity contribution in [2.45, 2.75) is 51.0 Å². The molecule has 1 N–H and O–H groups in total. The molecule has 80 valence electrons. The monoisotopic (exact) mass is 196 g/mol. The Morgan fingerprint density at radius 2 is 2.14 bits per heavy atom. The molecule has 1 amide bonds. The smallest absolute Gasteiger partial charge is 0.243 e. The molecule has 1 saturated carbocycles. The van der Waals surface area contributed by atoms with Gasteiger partial charge in [0.25, 0.3) is 0 Å². The molecule has 2 aliphatic rings. The van der Waals surface area contributed by atoms with Gasteiger partial charge >= 0.3 is 0 Å². The molecule has 0 bridgehead atoms. The first kappa shape index (κ1) is 9.97. The van der Waals surface area contributed by atoms with Crippen LogP contribution in [0.15, 0.2) is 0 Å². The van der Waals surface area contributed by atoms with Crippen molar-refractivity contribution in [2.75, 3.05) is 13.2 Å². The van der Waals surface area contributed by atoms with Crippen LogP contribution in [0.25, 0.3) is 0 Å². The van der Waals surface area contributed by atoms with Gasteiger partial charge in [0.15, 0.2) is 0 Å². The molecule has 3 heteroatoms. The zero-order chi connectivity index (χ0) is 10.0. The molecule has 1 spiro atoms. The van der Waals surface area contributed by atoms with E-state index in [1.165, 1.54) is 12.8 Å². The van der Waals surface area contributed by atoms with Crippen molar-refractivity contribution >= 4 is 5.91 Å². The minimum absolute atomic E-state index is 0.145. The second-order valence-corrected chi connectivity index (χ2v) is 4.55. The van der Waals surface area contributed by atoms with E-state index in [1.807, 2.05) is 4.90 Å². The Bertz CT molecular complexity index is 221. The number of unbranched alkanes of at least 4 members (excludes halogenated alkanes) is 1. The predicted molar refractivity (Wildman–Crippen MR) is 55.8 cm³/mol. The molecule has 1 heterocycles. The fourth-order valence-corrected chi connectivity index (χ4v) is 2.60. The summed E-state index contributed by atoms with van der Waals surface area (Å²) in [7, 11) is 0. The Balaban J connectivity index is 1.96. The summed E-state index contributed by atoms with van der Waals surface area (Å²) < 4.78 is 0. The Morgan fingerprint density at radius 1 is 1.43 bits per heavy atom. The van der Waals surface area contributed by atoms with Crippen molar-refractivity contribution in [3.8, 4) is 0 Å². The normalized spacial score (nSPS) is 25.2. The highest BCUT2D eigenvalue weighted by molar-refractivity contribution is 5.88. The summed E-state index contributed by atoms with van der Waals surface area (Å²) in [5.41, 5.74) is -0.145. The van der Waals surface area contributed by atoms with E-state index in [0.29, 0.717) is 5.91 Å². The highest BCUT2D eigenvalue weighted by atomic mass is 16.2. The van der Waals surface area contributed by atoms with Gasteiger partial charge < -0.3 is 4.90 Å². The summed E-state index contributed by atoms with van der Waals surface area (Å²) >= 11 is 0. The van der Waals surface area contributed by atoms with E-state index in [0.717, 1.165) is 38.9 Å². The average Bonchev–Trinajstić information content (AvgIpc) is 2.77. The first-order chi connectivity index (χ1) is 6.78. The van der Waals surface area contributed by atoms with Crippen LogP contribution in [0.4, 0.5) is 0 Å². The predicted octanol–water partition coefficient (Wildman–Crippen LogP) is 1.49. The Labute approximate surface area is 85.8 Å². The molecule has 1 aliphatic heterocycles. The summed E-state index contributed by atoms with van der Waals surface area (Å²) in [6.45, 7) is 3.88. The molecule has 0 aromatic carbocycles. The van der Waals surface area contributed by atoms with E-state index >= 15 is 0 Å². The van der Waals surface area contributed by atoms with Crippen LogP contribution in [-0.2, 0) is 4.79 Å². The van der Waals surface area contributed by atoms with E-state index in [9.17, 15) is 4.79 Å². The van der Waals surface area contributed by atoms with Gasteiger partial charge in [0.05, 0.1) is 12.2 Å². The molecule has 2 rings (SSSR count). The second kappa shape index (κ2) is 3.89. The first-order valence-corrected chi connectivity index (χ1v) is 5.83. The van der Waals surface area contributed by atoms with Crippen LogP contribution in [0, 0.1) is 0 Å². The molecule has 0 atom stereocenters. The highest BCUT2D eigenvalue weighted by Gasteiger charge is 2.47. The van der Waals surface area contributed by atoms with Crippen LogP contribution in [0.5, 0.6) is 0 Å². The minimum Gasteiger partial charge on any atom is -0.328 e. The van der Waals surface area contributed by atoms with Crippen LogP contribution in [0.1, 0.15) is 45.4 Å². The Morgan fingerprint density at radius 3 is 2.79 bits per heavy atom. The quantitative estimate of drug-likeness (QED) is 0.741. The van der Waals surface area contributed by atoms with Crippen molar-refractivity contribution < 1.29 is 4.79 Å². The lowest BCUT2D eigenvalue weighted by Crippen LogP contribution is -2.43. The number of hydrogen-bond donors (Lipinski definition) is 1.